The van der Waals surface area contributed by atoms with Gasteiger partial charge in [-0.2, -0.15) is 0 Å². The maximum atomic E-state index is 12.7. The van der Waals surface area contributed by atoms with Crippen molar-refractivity contribution in [3.05, 3.63) is 93.9 Å². The summed E-state index contributed by atoms with van der Waals surface area (Å²) in [6.45, 7) is 0. The molecule has 3 aromatic rings. The normalized spacial score (nSPS) is 11.7. The van der Waals surface area contributed by atoms with Crippen molar-refractivity contribution in [1.82, 2.24) is 5.32 Å². The fourth-order valence-corrected chi connectivity index (χ4v) is 3.15. The van der Waals surface area contributed by atoms with Gasteiger partial charge in [-0.15, -0.1) is 11.8 Å². The molecule has 1 amide bonds. The second-order valence-electron chi connectivity index (χ2n) is 5.48. The van der Waals surface area contributed by atoms with Crippen LogP contribution >= 0.6 is 11.8 Å². The zero-order chi connectivity index (χ0) is 18.5. The molecule has 1 unspecified atom stereocenters. The van der Waals surface area contributed by atoms with Gasteiger partial charge in [0, 0.05) is 11.6 Å². The summed E-state index contributed by atoms with van der Waals surface area (Å²) in [4.78, 5) is 24.0. The number of furan rings is 1. The van der Waals surface area contributed by atoms with E-state index in [-0.39, 0.29) is 11.3 Å². The van der Waals surface area contributed by atoms with E-state index in [2.05, 4.69) is 5.32 Å². The predicted molar refractivity (Wildman–Crippen MR) is 99.3 cm³/mol. The van der Waals surface area contributed by atoms with E-state index in [9.17, 15) is 14.9 Å². The SMILES string of the molecule is CSc1ccc(C(=O)NC(c2ccccc2)c2ccco2)cc1[N+](=O)[O-]. The van der Waals surface area contributed by atoms with Gasteiger partial charge in [0.15, 0.2) is 0 Å². The zero-order valence-corrected chi connectivity index (χ0v) is 14.7. The number of hydrogen-bond donors (Lipinski definition) is 1. The average Bonchev–Trinajstić information content (AvgIpc) is 3.20. The molecule has 0 radical (unpaired) electrons. The van der Waals surface area contributed by atoms with Gasteiger partial charge in [-0.05, 0) is 36.1 Å². The summed E-state index contributed by atoms with van der Waals surface area (Å²) in [6, 6.07) is 16.9. The van der Waals surface area contributed by atoms with Gasteiger partial charge in [-0.3, -0.25) is 14.9 Å². The number of benzene rings is 2. The predicted octanol–water partition coefficient (Wildman–Crippen LogP) is 4.43. The first-order valence-corrected chi connectivity index (χ1v) is 9.04. The molecule has 132 valence electrons. The Kier molecular flexibility index (Phi) is 5.38. The Morgan fingerprint density at radius 2 is 1.92 bits per heavy atom. The number of amides is 1. The summed E-state index contributed by atoms with van der Waals surface area (Å²) < 4.78 is 5.46. The number of nitrogens with zero attached hydrogens (tertiary/aromatic N) is 1. The Bertz CT molecular complexity index is 911. The van der Waals surface area contributed by atoms with Gasteiger partial charge in [0.05, 0.1) is 16.1 Å². The second-order valence-corrected chi connectivity index (χ2v) is 6.32. The molecule has 2 aromatic carbocycles. The highest BCUT2D eigenvalue weighted by Gasteiger charge is 2.22. The molecule has 3 rings (SSSR count). The van der Waals surface area contributed by atoms with Crippen molar-refractivity contribution in [3.8, 4) is 0 Å². The molecule has 0 saturated carbocycles. The molecule has 0 spiro atoms. The molecule has 0 saturated heterocycles. The minimum absolute atomic E-state index is 0.0839. The van der Waals surface area contributed by atoms with Crippen molar-refractivity contribution in [1.29, 1.82) is 0 Å². The van der Waals surface area contributed by atoms with E-state index in [0.717, 1.165) is 5.56 Å². The maximum absolute atomic E-state index is 12.7. The molecule has 26 heavy (non-hydrogen) atoms. The average molecular weight is 368 g/mol. The molecule has 0 aliphatic rings. The lowest BCUT2D eigenvalue weighted by atomic mass is 10.0. The number of hydrogen-bond acceptors (Lipinski definition) is 5. The smallest absolute Gasteiger partial charge is 0.283 e. The minimum atomic E-state index is -0.488. The van der Waals surface area contributed by atoms with Crippen molar-refractivity contribution >= 4 is 23.4 Å². The van der Waals surface area contributed by atoms with Gasteiger partial charge in [-0.1, -0.05) is 30.3 Å². The largest absolute Gasteiger partial charge is 0.467 e. The summed E-state index contributed by atoms with van der Waals surface area (Å²) in [7, 11) is 0. The Morgan fingerprint density at radius 3 is 2.54 bits per heavy atom. The van der Waals surface area contributed by atoms with E-state index in [1.165, 1.54) is 24.1 Å². The Hall–Kier alpha value is -3.06. The first-order valence-electron chi connectivity index (χ1n) is 7.82. The Morgan fingerprint density at radius 1 is 1.15 bits per heavy atom. The van der Waals surface area contributed by atoms with Crippen molar-refractivity contribution in [2.75, 3.05) is 6.26 Å². The third-order valence-corrected chi connectivity index (χ3v) is 4.66. The summed E-state index contributed by atoms with van der Waals surface area (Å²) >= 11 is 1.26. The standard InChI is InChI=1S/C19H16N2O4S/c1-26-17-10-9-14(12-15(17)21(23)24)19(22)20-18(16-8-5-11-25-16)13-6-3-2-4-7-13/h2-12,18H,1H3,(H,20,22). The first kappa shape index (κ1) is 17.8. The van der Waals surface area contributed by atoms with Gasteiger partial charge >= 0.3 is 0 Å². The van der Waals surface area contributed by atoms with Crippen LogP contribution in [0, 0.1) is 10.1 Å². The van der Waals surface area contributed by atoms with E-state index in [1.807, 2.05) is 30.3 Å². The van der Waals surface area contributed by atoms with E-state index in [4.69, 9.17) is 4.42 Å². The van der Waals surface area contributed by atoms with E-state index in [1.54, 1.807) is 30.5 Å². The van der Waals surface area contributed by atoms with Gasteiger partial charge in [0.25, 0.3) is 11.6 Å². The number of carbonyl (C=O) groups is 1. The Labute approximate surface area is 154 Å². The number of thioether (sulfide) groups is 1. The van der Waals surface area contributed by atoms with Crippen LogP contribution < -0.4 is 5.32 Å². The quantitative estimate of drug-likeness (QED) is 0.395. The summed E-state index contributed by atoms with van der Waals surface area (Å²) in [6.07, 6.45) is 3.29. The third-order valence-electron chi connectivity index (χ3n) is 3.87. The number of rotatable bonds is 6. The first-order chi connectivity index (χ1) is 12.6. The van der Waals surface area contributed by atoms with Crippen LogP contribution in [0.5, 0.6) is 0 Å². The molecule has 0 bridgehead atoms. The van der Waals surface area contributed by atoms with Crippen molar-refractivity contribution in [3.63, 3.8) is 0 Å². The summed E-state index contributed by atoms with van der Waals surface area (Å²) in [5.41, 5.74) is 0.993. The van der Waals surface area contributed by atoms with Gasteiger partial charge in [0.1, 0.15) is 11.8 Å². The molecule has 1 aromatic heterocycles. The lowest BCUT2D eigenvalue weighted by Crippen LogP contribution is -2.29. The highest BCUT2D eigenvalue weighted by atomic mass is 32.2. The Balaban J connectivity index is 1.92. The minimum Gasteiger partial charge on any atom is -0.467 e. The second kappa shape index (κ2) is 7.88. The molecule has 1 heterocycles. The monoisotopic (exact) mass is 368 g/mol. The molecule has 1 atom stereocenters. The van der Waals surface area contributed by atoms with Crippen molar-refractivity contribution in [2.24, 2.45) is 0 Å². The van der Waals surface area contributed by atoms with E-state index >= 15 is 0 Å². The molecular weight excluding hydrogens is 352 g/mol. The molecule has 0 aliphatic heterocycles. The number of nitrogens with one attached hydrogen (secondary N) is 1. The fourth-order valence-electron chi connectivity index (χ4n) is 2.61. The van der Waals surface area contributed by atoms with Crippen molar-refractivity contribution in [2.45, 2.75) is 10.9 Å². The maximum Gasteiger partial charge on any atom is 0.283 e. The van der Waals surface area contributed by atoms with Crippen LogP contribution in [0.2, 0.25) is 0 Å². The zero-order valence-electron chi connectivity index (χ0n) is 13.9. The molecule has 0 fully saturated rings. The summed E-state index contributed by atoms with van der Waals surface area (Å²) in [5.74, 6) is 0.172. The van der Waals surface area contributed by atoms with Crippen LogP contribution in [-0.2, 0) is 0 Å². The van der Waals surface area contributed by atoms with Crippen LogP contribution in [0.1, 0.15) is 27.7 Å². The highest BCUT2D eigenvalue weighted by molar-refractivity contribution is 7.98. The van der Waals surface area contributed by atoms with E-state index in [0.29, 0.717) is 10.7 Å². The molecule has 1 N–H and O–H groups in total. The summed E-state index contributed by atoms with van der Waals surface area (Å²) in [5, 5.41) is 14.1. The van der Waals surface area contributed by atoms with E-state index < -0.39 is 16.9 Å². The van der Waals surface area contributed by atoms with Gasteiger partial charge in [-0.25, -0.2) is 0 Å². The van der Waals surface area contributed by atoms with Crippen LogP contribution in [-0.4, -0.2) is 17.1 Å². The van der Waals surface area contributed by atoms with Gasteiger partial charge in [0.2, 0.25) is 0 Å². The van der Waals surface area contributed by atoms with Crippen molar-refractivity contribution < 1.29 is 14.1 Å². The highest BCUT2D eigenvalue weighted by Crippen LogP contribution is 2.29. The number of nitro benzene ring substituents is 1. The van der Waals surface area contributed by atoms with Gasteiger partial charge < -0.3 is 9.73 Å². The lowest BCUT2D eigenvalue weighted by molar-refractivity contribution is -0.387. The topological polar surface area (TPSA) is 85.4 Å². The number of nitro groups is 1. The van der Waals surface area contributed by atoms with Crippen LogP contribution in [0.15, 0.2) is 76.2 Å². The molecular formula is C19H16N2O4S. The molecule has 6 nitrogen and oxygen atoms in total. The molecule has 0 aliphatic carbocycles. The number of carbonyl (C=O) groups excluding carboxylic acids is 1. The van der Waals surface area contributed by atoms with Crippen LogP contribution in [0.3, 0.4) is 0 Å². The van der Waals surface area contributed by atoms with Crippen LogP contribution in [0.4, 0.5) is 5.69 Å². The lowest BCUT2D eigenvalue weighted by Gasteiger charge is -2.17. The fraction of sp³-hybridized carbons (Fsp3) is 0.105. The molecule has 7 heteroatoms. The van der Waals surface area contributed by atoms with Crippen LogP contribution in [0.25, 0.3) is 0 Å². The third kappa shape index (κ3) is 3.78.